The number of hydrogen-bond donors (Lipinski definition) is 1. The van der Waals surface area contributed by atoms with E-state index in [1.807, 2.05) is 0 Å². The molecule has 0 unspecified atom stereocenters. The van der Waals surface area contributed by atoms with Gasteiger partial charge in [0.15, 0.2) is 0 Å². The van der Waals surface area contributed by atoms with Gasteiger partial charge in [-0.15, -0.1) is 5.10 Å². The Morgan fingerprint density at radius 1 is 1.89 bits per heavy atom. The lowest BCUT2D eigenvalue weighted by Gasteiger charge is -1.88. The van der Waals surface area contributed by atoms with Crippen LogP contribution in [-0.2, 0) is 0 Å². The number of hydrogen-bond acceptors (Lipinski definition) is 3. The van der Waals surface area contributed by atoms with Crippen LogP contribution in [0, 0.1) is 0 Å². The molecule has 1 aromatic heterocycles. The second kappa shape index (κ2) is 1.89. The molecule has 0 aliphatic carbocycles. The van der Waals surface area contributed by atoms with Crippen molar-refractivity contribution in [3.8, 4) is 0 Å². The minimum Gasteiger partial charge on any atom is -0.382 e. The first-order valence-electron chi connectivity index (χ1n) is 2.52. The molecule has 2 N–H and O–H groups in total. The maximum absolute atomic E-state index is 10.5. The molecule has 0 aliphatic rings. The Bertz CT molecular complexity index is 228. The first kappa shape index (κ1) is 5.81. The van der Waals surface area contributed by atoms with Crippen LogP contribution < -0.4 is 5.73 Å². The smallest absolute Gasteiger partial charge is 0.243 e. The molecule has 0 spiro atoms. The molecule has 4 heteroatoms. The Morgan fingerprint density at radius 3 is 2.78 bits per heavy atom. The Balaban J connectivity index is 2.98. The van der Waals surface area contributed by atoms with E-state index in [0.29, 0.717) is 5.82 Å². The number of nitrogens with zero attached hydrogens (tertiary/aromatic N) is 2. The standard InChI is InChI=1S/C5H7N3O/c1-4(9)8-3-2-5(6)7-8/h2-3H,1H3,(H2,6,7). The number of anilines is 1. The summed E-state index contributed by atoms with van der Waals surface area (Å²) in [7, 11) is 0. The van der Waals surface area contributed by atoms with Crippen LogP contribution in [0.15, 0.2) is 12.3 Å². The number of carbonyl (C=O) groups is 1. The summed E-state index contributed by atoms with van der Waals surface area (Å²) in [6, 6.07) is 1.57. The fourth-order valence-electron chi connectivity index (χ4n) is 0.513. The van der Waals surface area contributed by atoms with Gasteiger partial charge in [-0.3, -0.25) is 4.79 Å². The van der Waals surface area contributed by atoms with Crippen LogP contribution in [0.2, 0.25) is 0 Å². The lowest BCUT2D eigenvalue weighted by molar-refractivity contribution is 0.0921. The third-order valence-corrected chi connectivity index (χ3v) is 0.932. The van der Waals surface area contributed by atoms with Crippen LogP contribution in [0.5, 0.6) is 0 Å². The summed E-state index contributed by atoms with van der Waals surface area (Å²) in [6.45, 7) is 1.42. The van der Waals surface area contributed by atoms with E-state index in [-0.39, 0.29) is 5.91 Å². The molecule has 0 fully saturated rings. The number of nitrogen functional groups attached to an aromatic ring is 1. The number of carbonyl (C=O) groups excluding carboxylic acids is 1. The molecule has 0 amide bonds. The van der Waals surface area contributed by atoms with Gasteiger partial charge < -0.3 is 5.73 Å². The molecule has 9 heavy (non-hydrogen) atoms. The number of aromatic nitrogens is 2. The average Bonchev–Trinajstić information content (AvgIpc) is 2.14. The molecule has 0 saturated heterocycles. The zero-order valence-electron chi connectivity index (χ0n) is 5.03. The molecular formula is C5H7N3O. The maximum Gasteiger partial charge on any atom is 0.243 e. The average molecular weight is 125 g/mol. The van der Waals surface area contributed by atoms with Gasteiger partial charge in [-0.05, 0) is 0 Å². The summed E-state index contributed by atoms with van der Waals surface area (Å²) in [5.41, 5.74) is 5.23. The fourth-order valence-corrected chi connectivity index (χ4v) is 0.513. The molecule has 0 aliphatic heterocycles. The van der Waals surface area contributed by atoms with Gasteiger partial charge in [-0.1, -0.05) is 0 Å². The predicted molar refractivity (Wildman–Crippen MR) is 32.9 cm³/mol. The predicted octanol–water partition coefficient (Wildman–Crippen LogP) is 0.125. The zero-order valence-corrected chi connectivity index (χ0v) is 5.03. The SMILES string of the molecule is CC(=O)n1ccc(N)n1. The molecule has 0 aromatic carbocycles. The molecular weight excluding hydrogens is 118 g/mol. The third-order valence-electron chi connectivity index (χ3n) is 0.932. The normalized spacial score (nSPS) is 9.44. The van der Waals surface area contributed by atoms with E-state index in [1.165, 1.54) is 17.8 Å². The van der Waals surface area contributed by atoms with Crippen molar-refractivity contribution >= 4 is 11.7 Å². The van der Waals surface area contributed by atoms with E-state index in [0.717, 1.165) is 0 Å². The Labute approximate surface area is 52.3 Å². The van der Waals surface area contributed by atoms with Crippen molar-refractivity contribution in [3.63, 3.8) is 0 Å². The summed E-state index contributed by atoms with van der Waals surface area (Å²) in [6.07, 6.45) is 1.53. The molecule has 1 aromatic rings. The van der Waals surface area contributed by atoms with Crippen LogP contribution in [0.1, 0.15) is 11.7 Å². The van der Waals surface area contributed by atoms with Crippen LogP contribution in [0.4, 0.5) is 5.82 Å². The van der Waals surface area contributed by atoms with E-state index in [1.54, 1.807) is 6.07 Å². The van der Waals surface area contributed by atoms with Crippen molar-refractivity contribution in [2.24, 2.45) is 0 Å². The summed E-state index contributed by atoms with van der Waals surface area (Å²) in [4.78, 5) is 10.5. The van der Waals surface area contributed by atoms with Gasteiger partial charge in [-0.2, -0.15) is 0 Å². The van der Waals surface area contributed by atoms with Gasteiger partial charge in [0.1, 0.15) is 5.82 Å². The Hall–Kier alpha value is -1.32. The van der Waals surface area contributed by atoms with Gasteiger partial charge in [0.25, 0.3) is 0 Å². The van der Waals surface area contributed by atoms with E-state index in [4.69, 9.17) is 5.73 Å². The van der Waals surface area contributed by atoms with Gasteiger partial charge in [-0.25, -0.2) is 4.68 Å². The highest BCUT2D eigenvalue weighted by molar-refractivity contribution is 5.75. The first-order chi connectivity index (χ1) is 4.20. The molecule has 48 valence electrons. The highest BCUT2D eigenvalue weighted by atomic mass is 16.2. The highest BCUT2D eigenvalue weighted by Gasteiger charge is 1.96. The van der Waals surface area contributed by atoms with Crippen molar-refractivity contribution < 1.29 is 4.79 Å². The second-order valence-electron chi connectivity index (χ2n) is 1.70. The maximum atomic E-state index is 10.5. The summed E-state index contributed by atoms with van der Waals surface area (Å²) >= 11 is 0. The van der Waals surface area contributed by atoms with E-state index >= 15 is 0 Å². The fraction of sp³-hybridized carbons (Fsp3) is 0.200. The summed E-state index contributed by atoms with van der Waals surface area (Å²) < 4.78 is 1.19. The van der Waals surface area contributed by atoms with Crippen LogP contribution in [0.3, 0.4) is 0 Å². The Morgan fingerprint density at radius 2 is 2.56 bits per heavy atom. The van der Waals surface area contributed by atoms with Crippen molar-refractivity contribution in [1.82, 2.24) is 9.78 Å². The number of nitrogens with two attached hydrogens (primary N) is 1. The largest absolute Gasteiger partial charge is 0.382 e. The van der Waals surface area contributed by atoms with Crippen molar-refractivity contribution in [2.45, 2.75) is 6.92 Å². The minimum absolute atomic E-state index is 0.133. The third kappa shape index (κ3) is 1.07. The molecule has 0 saturated carbocycles. The van der Waals surface area contributed by atoms with Crippen LogP contribution in [-0.4, -0.2) is 15.7 Å². The summed E-state index contributed by atoms with van der Waals surface area (Å²) in [5.74, 6) is 0.233. The first-order valence-corrected chi connectivity index (χ1v) is 2.52. The lowest BCUT2D eigenvalue weighted by Crippen LogP contribution is -2.05. The van der Waals surface area contributed by atoms with Crippen molar-refractivity contribution in [2.75, 3.05) is 5.73 Å². The molecule has 4 nitrogen and oxygen atoms in total. The second-order valence-corrected chi connectivity index (χ2v) is 1.70. The van der Waals surface area contributed by atoms with E-state index in [9.17, 15) is 4.79 Å². The Kier molecular flexibility index (Phi) is 1.22. The van der Waals surface area contributed by atoms with E-state index < -0.39 is 0 Å². The topological polar surface area (TPSA) is 60.9 Å². The van der Waals surface area contributed by atoms with Gasteiger partial charge in [0.2, 0.25) is 5.91 Å². The van der Waals surface area contributed by atoms with Gasteiger partial charge in [0.05, 0.1) is 0 Å². The van der Waals surface area contributed by atoms with Gasteiger partial charge >= 0.3 is 0 Å². The lowest BCUT2D eigenvalue weighted by atomic mass is 10.6. The molecule has 0 bridgehead atoms. The zero-order chi connectivity index (χ0) is 6.85. The highest BCUT2D eigenvalue weighted by Crippen LogP contribution is 1.93. The van der Waals surface area contributed by atoms with Gasteiger partial charge in [0, 0.05) is 19.2 Å². The van der Waals surface area contributed by atoms with Crippen LogP contribution in [0.25, 0.3) is 0 Å². The van der Waals surface area contributed by atoms with E-state index in [2.05, 4.69) is 5.10 Å². The minimum atomic E-state index is -0.133. The quantitative estimate of drug-likeness (QED) is 0.536. The van der Waals surface area contributed by atoms with Crippen molar-refractivity contribution in [3.05, 3.63) is 12.3 Å². The molecule has 1 rings (SSSR count). The molecule has 1 heterocycles. The molecule has 0 radical (unpaired) electrons. The van der Waals surface area contributed by atoms with Crippen LogP contribution >= 0.6 is 0 Å². The molecule has 0 atom stereocenters. The van der Waals surface area contributed by atoms with Crippen molar-refractivity contribution in [1.29, 1.82) is 0 Å². The number of rotatable bonds is 0. The monoisotopic (exact) mass is 125 g/mol. The summed E-state index contributed by atoms with van der Waals surface area (Å²) in [5, 5.41) is 3.66.